The molecule has 1 aromatic rings. The summed E-state index contributed by atoms with van der Waals surface area (Å²) in [5.74, 6) is 0.867. The van der Waals surface area contributed by atoms with Gasteiger partial charge >= 0.3 is 0 Å². The number of benzene rings is 1. The molecular weight excluding hydrogens is 242 g/mol. The summed E-state index contributed by atoms with van der Waals surface area (Å²) in [4.78, 5) is 0. The van der Waals surface area contributed by atoms with Gasteiger partial charge in [0.2, 0.25) is 0 Å². The van der Waals surface area contributed by atoms with Crippen LogP contribution in [-0.2, 0) is 0 Å². The van der Waals surface area contributed by atoms with Crippen molar-refractivity contribution in [2.75, 3.05) is 0 Å². The maximum absolute atomic E-state index is 3.85. The first-order valence-corrected chi connectivity index (χ1v) is 8.40. The Labute approximate surface area is 125 Å². The summed E-state index contributed by atoms with van der Waals surface area (Å²) in [5, 5.41) is 3.85. The van der Waals surface area contributed by atoms with Gasteiger partial charge in [-0.05, 0) is 52.0 Å². The van der Waals surface area contributed by atoms with Crippen LogP contribution in [0.15, 0.2) is 18.2 Å². The molecule has 0 aromatic heterocycles. The SMILES string of the molecule is Cc1cc(C)cc(C(C)N[C@@H](C)C2CCCCCC2)c1. The van der Waals surface area contributed by atoms with Crippen molar-refractivity contribution >= 4 is 0 Å². The van der Waals surface area contributed by atoms with E-state index in [1.807, 2.05) is 0 Å². The molecule has 0 aliphatic heterocycles. The van der Waals surface area contributed by atoms with E-state index in [-0.39, 0.29) is 0 Å². The Balaban J connectivity index is 1.97. The highest BCUT2D eigenvalue weighted by Crippen LogP contribution is 2.27. The van der Waals surface area contributed by atoms with Gasteiger partial charge in [-0.25, -0.2) is 0 Å². The lowest BCUT2D eigenvalue weighted by Gasteiger charge is -2.27. The van der Waals surface area contributed by atoms with Crippen molar-refractivity contribution in [1.29, 1.82) is 0 Å². The topological polar surface area (TPSA) is 12.0 Å². The Bertz CT molecular complexity index is 396. The summed E-state index contributed by atoms with van der Waals surface area (Å²) in [7, 11) is 0. The van der Waals surface area contributed by atoms with Crippen LogP contribution in [-0.4, -0.2) is 6.04 Å². The molecule has 20 heavy (non-hydrogen) atoms. The van der Waals surface area contributed by atoms with E-state index in [1.165, 1.54) is 55.2 Å². The second-order valence-corrected chi connectivity index (χ2v) is 6.85. The van der Waals surface area contributed by atoms with Gasteiger partial charge in [0, 0.05) is 12.1 Å². The highest BCUT2D eigenvalue weighted by atomic mass is 14.9. The lowest BCUT2D eigenvalue weighted by Crippen LogP contribution is -2.35. The second kappa shape index (κ2) is 7.26. The van der Waals surface area contributed by atoms with Crippen LogP contribution in [0.4, 0.5) is 0 Å². The first kappa shape index (κ1) is 15.6. The summed E-state index contributed by atoms with van der Waals surface area (Å²) < 4.78 is 0. The van der Waals surface area contributed by atoms with Crippen LogP contribution in [0.25, 0.3) is 0 Å². The predicted octanol–water partition coefficient (Wildman–Crippen LogP) is 5.31. The van der Waals surface area contributed by atoms with Crippen molar-refractivity contribution < 1.29 is 0 Å². The molecule has 0 bridgehead atoms. The van der Waals surface area contributed by atoms with E-state index in [2.05, 4.69) is 51.2 Å². The summed E-state index contributed by atoms with van der Waals surface area (Å²) >= 11 is 0. The molecule has 1 unspecified atom stereocenters. The number of rotatable bonds is 4. The molecule has 1 nitrogen and oxygen atoms in total. The Morgan fingerprint density at radius 3 is 2.00 bits per heavy atom. The predicted molar refractivity (Wildman–Crippen MR) is 88.1 cm³/mol. The Hall–Kier alpha value is -0.820. The third-order valence-corrected chi connectivity index (χ3v) is 4.86. The first-order valence-electron chi connectivity index (χ1n) is 8.40. The van der Waals surface area contributed by atoms with Gasteiger partial charge in [0.05, 0.1) is 0 Å². The van der Waals surface area contributed by atoms with Crippen molar-refractivity contribution in [2.45, 2.75) is 78.3 Å². The quantitative estimate of drug-likeness (QED) is 0.733. The van der Waals surface area contributed by atoms with Gasteiger partial charge in [-0.15, -0.1) is 0 Å². The molecular formula is C19H31N. The van der Waals surface area contributed by atoms with E-state index >= 15 is 0 Å². The van der Waals surface area contributed by atoms with Crippen molar-refractivity contribution in [3.8, 4) is 0 Å². The largest absolute Gasteiger partial charge is 0.307 e. The fourth-order valence-corrected chi connectivity index (χ4v) is 3.70. The van der Waals surface area contributed by atoms with Crippen molar-refractivity contribution in [2.24, 2.45) is 5.92 Å². The Morgan fingerprint density at radius 2 is 1.45 bits per heavy atom. The van der Waals surface area contributed by atoms with Crippen molar-refractivity contribution in [3.05, 3.63) is 34.9 Å². The highest BCUT2D eigenvalue weighted by molar-refractivity contribution is 5.30. The van der Waals surface area contributed by atoms with Gasteiger partial charge in [0.15, 0.2) is 0 Å². The molecule has 1 saturated carbocycles. The normalized spacial score (nSPS) is 20.4. The van der Waals surface area contributed by atoms with E-state index in [0.29, 0.717) is 12.1 Å². The van der Waals surface area contributed by atoms with E-state index in [9.17, 15) is 0 Å². The van der Waals surface area contributed by atoms with Crippen LogP contribution in [0.2, 0.25) is 0 Å². The zero-order chi connectivity index (χ0) is 14.5. The van der Waals surface area contributed by atoms with E-state index in [4.69, 9.17) is 0 Å². The third kappa shape index (κ3) is 4.34. The van der Waals surface area contributed by atoms with Crippen molar-refractivity contribution in [3.63, 3.8) is 0 Å². The molecule has 0 amide bonds. The molecule has 112 valence electrons. The first-order chi connectivity index (χ1) is 9.56. The molecule has 1 heteroatoms. The second-order valence-electron chi connectivity index (χ2n) is 6.85. The fraction of sp³-hybridized carbons (Fsp3) is 0.684. The number of nitrogens with one attached hydrogen (secondary N) is 1. The molecule has 0 spiro atoms. The zero-order valence-corrected chi connectivity index (χ0v) is 13.7. The molecule has 2 rings (SSSR count). The maximum Gasteiger partial charge on any atom is 0.0294 e. The molecule has 1 aromatic carbocycles. The van der Waals surface area contributed by atoms with E-state index in [1.54, 1.807) is 0 Å². The van der Waals surface area contributed by atoms with E-state index in [0.717, 1.165) is 5.92 Å². The number of hydrogen-bond acceptors (Lipinski definition) is 1. The Morgan fingerprint density at radius 1 is 0.900 bits per heavy atom. The molecule has 1 aliphatic rings. The average molecular weight is 273 g/mol. The lowest BCUT2D eigenvalue weighted by molar-refractivity contribution is 0.316. The smallest absolute Gasteiger partial charge is 0.0294 e. The Kier molecular flexibility index (Phi) is 5.65. The fourth-order valence-electron chi connectivity index (χ4n) is 3.70. The van der Waals surface area contributed by atoms with Crippen LogP contribution in [0.1, 0.15) is 75.1 Å². The number of hydrogen-bond donors (Lipinski definition) is 1. The summed E-state index contributed by atoms with van der Waals surface area (Å²) in [5.41, 5.74) is 4.18. The maximum atomic E-state index is 3.85. The average Bonchev–Trinajstić information content (AvgIpc) is 2.66. The van der Waals surface area contributed by atoms with Gasteiger partial charge in [-0.2, -0.15) is 0 Å². The number of aryl methyl sites for hydroxylation is 2. The molecule has 1 N–H and O–H groups in total. The molecule has 2 atom stereocenters. The monoisotopic (exact) mass is 273 g/mol. The van der Waals surface area contributed by atoms with Crippen LogP contribution in [0, 0.1) is 19.8 Å². The summed E-state index contributed by atoms with van der Waals surface area (Å²) in [6, 6.07) is 7.98. The minimum atomic E-state index is 0.451. The third-order valence-electron chi connectivity index (χ3n) is 4.86. The van der Waals surface area contributed by atoms with Crippen LogP contribution in [0.5, 0.6) is 0 Å². The lowest BCUT2D eigenvalue weighted by atomic mass is 9.91. The van der Waals surface area contributed by atoms with E-state index < -0.39 is 0 Å². The molecule has 0 heterocycles. The molecule has 1 fully saturated rings. The van der Waals surface area contributed by atoms with Gasteiger partial charge in [-0.3, -0.25) is 0 Å². The van der Waals surface area contributed by atoms with Gasteiger partial charge in [0.25, 0.3) is 0 Å². The minimum Gasteiger partial charge on any atom is -0.307 e. The summed E-state index contributed by atoms with van der Waals surface area (Å²) in [6.07, 6.45) is 8.55. The standard InChI is InChI=1S/C19H31N/c1-14-11-15(2)13-19(12-14)17(4)20-16(3)18-9-7-5-6-8-10-18/h11-13,16-18,20H,5-10H2,1-4H3/t16-,17?/m0/s1. The molecule has 0 saturated heterocycles. The van der Waals surface area contributed by atoms with Gasteiger partial charge in [0.1, 0.15) is 0 Å². The molecule has 1 aliphatic carbocycles. The summed E-state index contributed by atoms with van der Waals surface area (Å²) in [6.45, 7) is 9.08. The van der Waals surface area contributed by atoms with Crippen LogP contribution < -0.4 is 5.32 Å². The van der Waals surface area contributed by atoms with Crippen LogP contribution >= 0.6 is 0 Å². The highest BCUT2D eigenvalue weighted by Gasteiger charge is 2.20. The van der Waals surface area contributed by atoms with Gasteiger partial charge < -0.3 is 5.32 Å². The minimum absolute atomic E-state index is 0.451. The zero-order valence-electron chi connectivity index (χ0n) is 13.7. The molecule has 0 radical (unpaired) electrons. The van der Waals surface area contributed by atoms with Crippen molar-refractivity contribution in [1.82, 2.24) is 5.32 Å². The van der Waals surface area contributed by atoms with Crippen LogP contribution in [0.3, 0.4) is 0 Å². The van der Waals surface area contributed by atoms with Gasteiger partial charge in [-0.1, -0.05) is 55.0 Å².